The first-order chi connectivity index (χ1) is 8.70. The Morgan fingerprint density at radius 2 is 2.06 bits per heavy atom. The van der Waals surface area contributed by atoms with E-state index in [1.165, 1.54) is 0 Å². The van der Waals surface area contributed by atoms with Crippen LogP contribution in [0.15, 0.2) is 41.1 Å². The summed E-state index contributed by atoms with van der Waals surface area (Å²) in [6.07, 6.45) is 0. The summed E-state index contributed by atoms with van der Waals surface area (Å²) in [7, 11) is 0. The number of benzene rings is 1. The normalized spacial score (nSPS) is 10.9. The molecule has 0 fully saturated rings. The molecule has 0 bridgehead atoms. The van der Waals surface area contributed by atoms with Crippen molar-refractivity contribution in [1.29, 1.82) is 0 Å². The average Bonchev–Trinajstić information content (AvgIpc) is 2.92. The molecule has 90 valence electrons. The van der Waals surface area contributed by atoms with Gasteiger partial charge in [0.05, 0.1) is 11.2 Å². The van der Waals surface area contributed by atoms with Crippen LogP contribution < -0.4 is 0 Å². The fourth-order valence-electron chi connectivity index (χ4n) is 2.05. The summed E-state index contributed by atoms with van der Waals surface area (Å²) < 4.78 is 1.76. The first-order valence-corrected chi connectivity index (χ1v) is 6.57. The van der Waals surface area contributed by atoms with E-state index in [1.54, 1.807) is 22.0 Å². The molecule has 0 saturated carbocycles. The molecule has 18 heavy (non-hydrogen) atoms. The lowest BCUT2D eigenvalue weighted by Gasteiger charge is -2.03. The fourth-order valence-corrected chi connectivity index (χ4v) is 3.04. The van der Waals surface area contributed by atoms with Gasteiger partial charge in [-0.15, -0.1) is 0 Å². The molecule has 5 heteroatoms. The van der Waals surface area contributed by atoms with Gasteiger partial charge in [0, 0.05) is 10.8 Å². The molecule has 0 amide bonds. The summed E-state index contributed by atoms with van der Waals surface area (Å²) in [4.78, 5) is 11.3. The van der Waals surface area contributed by atoms with Crippen LogP contribution >= 0.6 is 22.9 Å². The summed E-state index contributed by atoms with van der Waals surface area (Å²) >= 11 is 7.77. The van der Waals surface area contributed by atoms with Crippen molar-refractivity contribution in [3.05, 3.63) is 51.8 Å². The predicted octanol–water partition coefficient (Wildman–Crippen LogP) is 4.04. The first kappa shape index (κ1) is 11.3. The second kappa shape index (κ2) is 4.15. The summed E-state index contributed by atoms with van der Waals surface area (Å²) in [5.41, 5.74) is 1.84. The zero-order valence-electron chi connectivity index (χ0n) is 9.13. The number of carbonyl (C=O) groups is 1. The predicted molar refractivity (Wildman–Crippen MR) is 73.1 cm³/mol. The Hall–Kier alpha value is -1.78. The van der Waals surface area contributed by atoms with Crippen LogP contribution in [0.25, 0.3) is 16.6 Å². The van der Waals surface area contributed by atoms with Crippen molar-refractivity contribution < 1.29 is 9.90 Å². The van der Waals surface area contributed by atoms with Gasteiger partial charge in [-0.3, -0.25) is 4.57 Å². The van der Waals surface area contributed by atoms with Crippen LogP contribution in [0.4, 0.5) is 0 Å². The van der Waals surface area contributed by atoms with Gasteiger partial charge in [-0.05, 0) is 17.5 Å². The van der Waals surface area contributed by atoms with Crippen molar-refractivity contribution in [3.8, 4) is 5.69 Å². The Balaban J connectivity index is 2.46. The number of aromatic carboxylic acids is 1. The van der Waals surface area contributed by atoms with Gasteiger partial charge >= 0.3 is 5.97 Å². The molecule has 2 heterocycles. The van der Waals surface area contributed by atoms with Gasteiger partial charge in [0.25, 0.3) is 0 Å². The zero-order valence-corrected chi connectivity index (χ0v) is 10.7. The molecule has 0 radical (unpaired) electrons. The van der Waals surface area contributed by atoms with Gasteiger partial charge < -0.3 is 5.11 Å². The number of halogens is 1. The molecule has 0 aliphatic heterocycles. The van der Waals surface area contributed by atoms with Crippen LogP contribution in [0.5, 0.6) is 0 Å². The lowest BCUT2D eigenvalue weighted by Crippen LogP contribution is -1.97. The second-order valence-corrected chi connectivity index (χ2v) is 4.94. The number of nitrogens with zero attached hydrogens (tertiary/aromatic N) is 1. The summed E-state index contributed by atoms with van der Waals surface area (Å²) in [5.74, 6) is -1.01. The lowest BCUT2D eigenvalue weighted by molar-refractivity contribution is 0.0699. The monoisotopic (exact) mass is 277 g/mol. The van der Waals surface area contributed by atoms with Crippen LogP contribution in [0.2, 0.25) is 5.15 Å². The Labute approximate surface area is 112 Å². The number of hydrogen-bond acceptors (Lipinski definition) is 2. The van der Waals surface area contributed by atoms with Crippen LogP contribution in [0, 0.1) is 0 Å². The van der Waals surface area contributed by atoms with Crippen LogP contribution in [-0.4, -0.2) is 15.6 Å². The van der Waals surface area contributed by atoms with Gasteiger partial charge in [-0.2, -0.15) is 11.3 Å². The molecular formula is C13H8ClNO2S. The maximum atomic E-state index is 11.3. The van der Waals surface area contributed by atoms with E-state index in [4.69, 9.17) is 11.6 Å². The number of aromatic nitrogens is 1. The second-order valence-electron chi connectivity index (χ2n) is 3.81. The minimum absolute atomic E-state index is 0.151. The maximum absolute atomic E-state index is 11.3. The average molecular weight is 278 g/mol. The molecule has 3 aromatic rings. The highest BCUT2D eigenvalue weighted by Gasteiger charge is 2.21. The van der Waals surface area contributed by atoms with E-state index in [9.17, 15) is 9.90 Å². The number of para-hydroxylation sites is 1. The lowest BCUT2D eigenvalue weighted by atomic mass is 10.2. The van der Waals surface area contributed by atoms with Gasteiger partial charge in [0.15, 0.2) is 0 Å². The number of carboxylic acid groups (broad SMARTS) is 1. The molecule has 0 aliphatic rings. The van der Waals surface area contributed by atoms with Crippen molar-refractivity contribution in [1.82, 2.24) is 4.57 Å². The van der Waals surface area contributed by atoms with Crippen molar-refractivity contribution in [2.75, 3.05) is 0 Å². The molecule has 3 rings (SSSR count). The number of hydrogen-bond donors (Lipinski definition) is 1. The van der Waals surface area contributed by atoms with Gasteiger partial charge in [0.1, 0.15) is 10.7 Å². The SMILES string of the molecule is O=C(O)c1c(Cl)n(-c2ccsc2)c2ccccc12. The quantitative estimate of drug-likeness (QED) is 0.768. The third kappa shape index (κ3) is 1.54. The van der Waals surface area contributed by atoms with Gasteiger partial charge in [-0.1, -0.05) is 29.8 Å². The fraction of sp³-hybridized carbons (Fsp3) is 0. The molecule has 1 N–H and O–H groups in total. The van der Waals surface area contributed by atoms with E-state index in [2.05, 4.69) is 0 Å². The smallest absolute Gasteiger partial charge is 0.339 e. The van der Waals surface area contributed by atoms with Crippen LogP contribution in [0.3, 0.4) is 0 Å². The van der Waals surface area contributed by atoms with E-state index >= 15 is 0 Å². The summed E-state index contributed by atoms with van der Waals surface area (Å²) in [6.45, 7) is 0. The highest BCUT2D eigenvalue weighted by atomic mass is 35.5. The molecule has 1 aromatic carbocycles. The molecule has 0 aliphatic carbocycles. The van der Waals surface area contributed by atoms with E-state index in [-0.39, 0.29) is 10.7 Å². The first-order valence-electron chi connectivity index (χ1n) is 5.25. The number of rotatable bonds is 2. The van der Waals surface area contributed by atoms with Gasteiger partial charge in [-0.25, -0.2) is 4.79 Å². The van der Waals surface area contributed by atoms with Crippen molar-refractivity contribution in [2.45, 2.75) is 0 Å². The molecule has 0 unspecified atom stereocenters. The third-order valence-electron chi connectivity index (χ3n) is 2.80. The van der Waals surface area contributed by atoms with E-state index in [0.29, 0.717) is 5.39 Å². The van der Waals surface area contributed by atoms with E-state index < -0.39 is 5.97 Å². The highest BCUT2D eigenvalue weighted by molar-refractivity contribution is 7.08. The topological polar surface area (TPSA) is 42.2 Å². The minimum atomic E-state index is -1.01. The largest absolute Gasteiger partial charge is 0.478 e. The summed E-state index contributed by atoms with van der Waals surface area (Å²) in [6, 6.07) is 9.23. The van der Waals surface area contributed by atoms with Crippen molar-refractivity contribution in [3.63, 3.8) is 0 Å². The number of carboxylic acids is 1. The van der Waals surface area contributed by atoms with Crippen molar-refractivity contribution in [2.24, 2.45) is 0 Å². The zero-order chi connectivity index (χ0) is 12.7. The Morgan fingerprint density at radius 1 is 1.28 bits per heavy atom. The molecule has 0 saturated heterocycles. The molecular weight excluding hydrogens is 270 g/mol. The highest BCUT2D eigenvalue weighted by Crippen LogP contribution is 2.33. The molecule has 2 aromatic heterocycles. The number of fused-ring (bicyclic) bond motifs is 1. The van der Waals surface area contributed by atoms with Crippen LogP contribution in [0.1, 0.15) is 10.4 Å². The maximum Gasteiger partial charge on any atom is 0.339 e. The van der Waals surface area contributed by atoms with Crippen molar-refractivity contribution >= 4 is 39.8 Å². The van der Waals surface area contributed by atoms with Crippen LogP contribution in [-0.2, 0) is 0 Å². The van der Waals surface area contributed by atoms with Gasteiger partial charge in [0.2, 0.25) is 0 Å². The van der Waals surface area contributed by atoms with E-state index in [0.717, 1.165) is 11.2 Å². The minimum Gasteiger partial charge on any atom is -0.478 e. The third-order valence-corrected chi connectivity index (χ3v) is 3.82. The summed E-state index contributed by atoms with van der Waals surface area (Å²) in [5, 5.41) is 14.0. The Bertz CT molecular complexity index is 731. The van der Waals surface area contributed by atoms with E-state index in [1.807, 2.05) is 35.0 Å². The Kier molecular flexibility index (Phi) is 2.61. The molecule has 3 nitrogen and oxygen atoms in total. The Morgan fingerprint density at radius 3 is 2.72 bits per heavy atom. The number of thiophene rings is 1. The molecule has 0 atom stereocenters. The molecule has 0 spiro atoms. The standard InChI is InChI=1S/C13H8ClNO2S/c14-12-11(13(16)17)9-3-1-2-4-10(9)15(12)8-5-6-18-7-8/h1-7H,(H,16,17).